The van der Waals surface area contributed by atoms with E-state index in [-0.39, 0.29) is 6.04 Å². The fraction of sp³-hybridized carbons (Fsp3) is 0.471. The van der Waals surface area contributed by atoms with Crippen LogP contribution in [0.3, 0.4) is 0 Å². The minimum absolute atomic E-state index is 0.146. The lowest BCUT2D eigenvalue weighted by Gasteiger charge is -2.12. The number of rotatable bonds is 5. The molecular formula is C17H22ClN3. The molecule has 1 aliphatic rings. The summed E-state index contributed by atoms with van der Waals surface area (Å²) in [6.07, 6.45) is 2.84. The lowest BCUT2D eigenvalue weighted by atomic mass is 10.0. The molecule has 3 atom stereocenters. The Hall–Kier alpha value is -1.32. The molecule has 0 bridgehead atoms. The van der Waals surface area contributed by atoms with E-state index in [0.717, 1.165) is 29.3 Å². The van der Waals surface area contributed by atoms with E-state index in [2.05, 4.69) is 42.4 Å². The molecule has 21 heavy (non-hydrogen) atoms. The van der Waals surface area contributed by atoms with E-state index >= 15 is 0 Å². The van der Waals surface area contributed by atoms with Crippen molar-refractivity contribution >= 4 is 11.6 Å². The van der Waals surface area contributed by atoms with Crippen LogP contribution in [0, 0.1) is 5.92 Å². The summed E-state index contributed by atoms with van der Waals surface area (Å²) in [5.74, 6) is 1.17. The molecule has 2 N–H and O–H groups in total. The van der Waals surface area contributed by atoms with E-state index in [1.54, 1.807) is 0 Å². The van der Waals surface area contributed by atoms with Crippen LogP contribution in [0.5, 0.6) is 0 Å². The first kappa shape index (κ1) is 14.6. The molecule has 0 saturated heterocycles. The molecule has 112 valence electrons. The van der Waals surface area contributed by atoms with Crippen LogP contribution in [0.4, 0.5) is 0 Å². The zero-order valence-electron chi connectivity index (χ0n) is 12.6. The lowest BCUT2D eigenvalue weighted by molar-refractivity contribution is 0.551. The molecule has 3 unspecified atom stereocenters. The SMILES string of the molecule is CCc1nn(C)c(CC(N)C2CC2c2ccccc2)c1Cl. The van der Waals surface area contributed by atoms with Gasteiger partial charge in [-0.2, -0.15) is 5.10 Å². The summed E-state index contributed by atoms with van der Waals surface area (Å²) < 4.78 is 1.89. The first-order valence-electron chi connectivity index (χ1n) is 7.62. The maximum atomic E-state index is 6.43. The fourth-order valence-electron chi connectivity index (χ4n) is 3.19. The van der Waals surface area contributed by atoms with Gasteiger partial charge in [-0.1, -0.05) is 48.9 Å². The number of nitrogens with zero attached hydrogens (tertiary/aromatic N) is 2. The van der Waals surface area contributed by atoms with Crippen LogP contribution < -0.4 is 5.73 Å². The van der Waals surface area contributed by atoms with Crippen molar-refractivity contribution in [2.24, 2.45) is 18.7 Å². The van der Waals surface area contributed by atoms with Crippen LogP contribution in [-0.2, 0) is 19.9 Å². The molecule has 4 heteroatoms. The van der Waals surface area contributed by atoms with Gasteiger partial charge in [0.25, 0.3) is 0 Å². The standard InChI is InChI=1S/C17H22ClN3/c1-3-15-17(18)16(21(2)20-15)10-14(19)13-9-12(13)11-7-5-4-6-8-11/h4-8,12-14H,3,9-10,19H2,1-2H3. The van der Waals surface area contributed by atoms with Crippen molar-refractivity contribution in [3.63, 3.8) is 0 Å². The zero-order valence-corrected chi connectivity index (χ0v) is 13.3. The maximum absolute atomic E-state index is 6.43. The lowest BCUT2D eigenvalue weighted by Crippen LogP contribution is -2.27. The molecule has 1 saturated carbocycles. The van der Waals surface area contributed by atoms with Gasteiger partial charge in [0, 0.05) is 19.5 Å². The van der Waals surface area contributed by atoms with Crippen molar-refractivity contribution in [2.75, 3.05) is 0 Å². The highest BCUT2D eigenvalue weighted by molar-refractivity contribution is 6.31. The van der Waals surface area contributed by atoms with Crippen molar-refractivity contribution in [1.29, 1.82) is 0 Å². The van der Waals surface area contributed by atoms with Crippen LogP contribution in [0.2, 0.25) is 5.02 Å². The van der Waals surface area contributed by atoms with Gasteiger partial charge in [-0.15, -0.1) is 0 Å². The monoisotopic (exact) mass is 303 g/mol. The molecule has 1 heterocycles. The molecule has 1 aromatic carbocycles. The van der Waals surface area contributed by atoms with Crippen LogP contribution in [0.15, 0.2) is 30.3 Å². The normalized spacial score (nSPS) is 22.3. The molecule has 3 rings (SSSR count). The summed E-state index contributed by atoms with van der Waals surface area (Å²) in [4.78, 5) is 0. The number of benzene rings is 1. The third-order valence-electron chi connectivity index (χ3n) is 4.55. The van der Waals surface area contributed by atoms with Gasteiger partial charge in [0.1, 0.15) is 0 Å². The highest BCUT2D eigenvalue weighted by Crippen LogP contribution is 2.49. The first-order valence-corrected chi connectivity index (χ1v) is 8.00. The first-order chi connectivity index (χ1) is 10.1. The number of aromatic nitrogens is 2. The van der Waals surface area contributed by atoms with Crippen LogP contribution in [0.25, 0.3) is 0 Å². The summed E-state index contributed by atoms with van der Waals surface area (Å²) in [5.41, 5.74) is 9.87. The van der Waals surface area contributed by atoms with Crippen molar-refractivity contribution in [2.45, 2.75) is 38.1 Å². The molecule has 0 radical (unpaired) electrons. The molecule has 1 aromatic heterocycles. The Balaban J connectivity index is 1.68. The minimum Gasteiger partial charge on any atom is -0.327 e. The van der Waals surface area contributed by atoms with Gasteiger partial charge in [0.05, 0.1) is 16.4 Å². The summed E-state index contributed by atoms with van der Waals surface area (Å²) in [6.45, 7) is 2.07. The Labute approximate surface area is 131 Å². The third-order valence-corrected chi connectivity index (χ3v) is 4.99. The van der Waals surface area contributed by atoms with Crippen LogP contribution >= 0.6 is 11.6 Å². The molecule has 0 aliphatic heterocycles. The molecular weight excluding hydrogens is 282 g/mol. The Bertz CT molecular complexity index is 620. The van der Waals surface area contributed by atoms with Gasteiger partial charge >= 0.3 is 0 Å². The molecule has 3 nitrogen and oxygen atoms in total. The smallest absolute Gasteiger partial charge is 0.0850 e. The van der Waals surface area contributed by atoms with E-state index in [4.69, 9.17) is 17.3 Å². The second-order valence-electron chi connectivity index (χ2n) is 5.97. The molecule has 0 amide bonds. The Morgan fingerprint density at radius 1 is 1.38 bits per heavy atom. The summed E-state index contributed by atoms with van der Waals surface area (Å²) in [6, 6.07) is 10.8. The zero-order chi connectivity index (χ0) is 15.0. The van der Waals surface area contributed by atoms with Crippen LogP contribution in [-0.4, -0.2) is 15.8 Å². The van der Waals surface area contributed by atoms with E-state index in [1.165, 1.54) is 12.0 Å². The van der Waals surface area contributed by atoms with E-state index in [0.29, 0.717) is 11.8 Å². The van der Waals surface area contributed by atoms with Gasteiger partial charge in [0.2, 0.25) is 0 Å². The number of hydrogen-bond donors (Lipinski definition) is 1. The van der Waals surface area contributed by atoms with Crippen molar-refractivity contribution < 1.29 is 0 Å². The summed E-state index contributed by atoms with van der Waals surface area (Å²) in [7, 11) is 1.95. The topological polar surface area (TPSA) is 43.8 Å². The second kappa shape index (κ2) is 5.82. The highest BCUT2D eigenvalue weighted by atomic mass is 35.5. The average molecular weight is 304 g/mol. The molecule has 2 aromatic rings. The number of nitrogens with two attached hydrogens (primary N) is 1. The van der Waals surface area contributed by atoms with E-state index in [9.17, 15) is 0 Å². The summed E-state index contributed by atoms with van der Waals surface area (Å²) in [5, 5.41) is 5.27. The van der Waals surface area contributed by atoms with Gasteiger partial charge in [-0.3, -0.25) is 4.68 Å². The van der Waals surface area contributed by atoms with Gasteiger partial charge in [-0.05, 0) is 30.2 Å². The van der Waals surface area contributed by atoms with Gasteiger partial charge in [0.15, 0.2) is 0 Å². The molecule has 1 fully saturated rings. The fourth-order valence-corrected chi connectivity index (χ4v) is 3.56. The van der Waals surface area contributed by atoms with Crippen molar-refractivity contribution in [1.82, 2.24) is 9.78 Å². The quantitative estimate of drug-likeness (QED) is 0.921. The van der Waals surface area contributed by atoms with Gasteiger partial charge in [-0.25, -0.2) is 0 Å². The van der Waals surface area contributed by atoms with E-state index in [1.807, 2.05) is 11.7 Å². The van der Waals surface area contributed by atoms with Crippen molar-refractivity contribution in [3.8, 4) is 0 Å². The Kier molecular flexibility index (Phi) is 4.05. The average Bonchev–Trinajstić information content (AvgIpc) is 3.26. The van der Waals surface area contributed by atoms with Crippen LogP contribution in [0.1, 0.15) is 36.2 Å². The predicted molar refractivity (Wildman–Crippen MR) is 86.6 cm³/mol. The summed E-state index contributed by atoms with van der Waals surface area (Å²) >= 11 is 6.41. The predicted octanol–water partition coefficient (Wildman–Crippen LogP) is 3.31. The Morgan fingerprint density at radius 3 is 2.71 bits per heavy atom. The molecule has 0 spiro atoms. The van der Waals surface area contributed by atoms with E-state index < -0.39 is 0 Å². The number of hydrogen-bond acceptors (Lipinski definition) is 2. The van der Waals surface area contributed by atoms with Gasteiger partial charge < -0.3 is 5.73 Å². The third kappa shape index (κ3) is 2.85. The molecule has 1 aliphatic carbocycles. The number of halogens is 1. The van der Waals surface area contributed by atoms with Crippen molar-refractivity contribution in [3.05, 3.63) is 52.3 Å². The second-order valence-corrected chi connectivity index (χ2v) is 6.35. The maximum Gasteiger partial charge on any atom is 0.0850 e. The minimum atomic E-state index is 0.146. The number of aryl methyl sites for hydroxylation is 2. The highest BCUT2D eigenvalue weighted by Gasteiger charge is 2.42. The Morgan fingerprint density at radius 2 is 2.10 bits per heavy atom. The largest absolute Gasteiger partial charge is 0.327 e.